The van der Waals surface area contributed by atoms with E-state index in [4.69, 9.17) is 9.84 Å². The lowest BCUT2D eigenvalue weighted by Gasteiger charge is -2.35. The molecule has 1 aliphatic carbocycles. The van der Waals surface area contributed by atoms with Gasteiger partial charge in [-0.25, -0.2) is 0 Å². The lowest BCUT2D eigenvalue weighted by Crippen LogP contribution is -2.44. The van der Waals surface area contributed by atoms with Gasteiger partial charge >= 0.3 is 11.9 Å². The molecular formula is C24H42O6. The first kappa shape index (κ1) is 26.6. The third-order valence-corrected chi connectivity index (χ3v) is 6.47. The van der Waals surface area contributed by atoms with Crippen LogP contribution in [0.2, 0.25) is 0 Å². The molecule has 0 aromatic heterocycles. The largest absolute Gasteiger partial charge is 0.481 e. The number of aliphatic hydroxyl groups excluding tert-OH is 2. The van der Waals surface area contributed by atoms with Gasteiger partial charge in [0, 0.05) is 6.42 Å². The number of hydrogen-bond donors (Lipinski definition) is 3. The molecule has 1 aliphatic rings. The fourth-order valence-corrected chi connectivity index (χ4v) is 4.57. The van der Waals surface area contributed by atoms with Gasteiger partial charge in [0.05, 0.1) is 24.2 Å². The molecule has 0 amide bonds. The fourth-order valence-electron chi connectivity index (χ4n) is 4.57. The van der Waals surface area contributed by atoms with Crippen LogP contribution in [0.25, 0.3) is 0 Å². The van der Waals surface area contributed by atoms with E-state index in [1.165, 1.54) is 0 Å². The Labute approximate surface area is 181 Å². The van der Waals surface area contributed by atoms with Crippen molar-refractivity contribution < 1.29 is 29.6 Å². The number of carboxylic acid groups (broad SMARTS) is 1. The summed E-state index contributed by atoms with van der Waals surface area (Å²) >= 11 is 0. The minimum Gasteiger partial charge on any atom is -0.481 e. The molecule has 1 fully saturated rings. The van der Waals surface area contributed by atoms with Crippen LogP contribution in [-0.4, -0.2) is 46.1 Å². The molecule has 5 atom stereocenters. The van der Waals surface area contributed by atoms with Crippen molar-refractivity contribution in [3.63, 3.8) is 0 Å². The van der Waals surface area contributed by atoms with E-state index in [-0.39, 0.29) is 30.8 Å². The molecule has 0 aromatic rings. The number of carbonyl (C=O) groups is 2. The van der Waals surface area contributed by atoms with Gasteiger partial charge in [0.25, 0.3) is 0 Å². The predicted octanol–water partition coefficient (Wildman–Crippen LogP) is 4.48. The van der Waals surface area contributed by atoms with Crippen LogP contribution in [0, 0.1) is 17.3 Å². The Balaban J connectivity index is 2.86. The van der Waals surface area contributed by atoms with Gasteiger partial charge in [-0.2, -0.15) is 0 Å². The average Bonchev–Trinajstić information content (AvgIpc) is 3.01. The van der Waals surface area contributed by atoms with Crippen LogP contribution in [-0.2, 0) is 14.3 Å². The standard InChI is InChI=1S/C24H42O6/c1-4-6-7-10-20(25)14-12-19-13-15-21(26)24(19,23(29)30-5-2)17-16-18(3)9-8-11-22(27)28/h12,14,18-21,25-26H,4-11,13,15-17H2,1-3H3,(H,27,28)/t18?,19?,20?,21-,24-/m1/s1. The van der Waals surface area contributed by atoms with Crippen LogP contribution < -0.4 is 0 Å². The van der Waals surface area contributed by atoms with Crippen LogP contribution in [0.15, 0.2) is 12.2 Å². The Morgan fingerprint density at radius 1 is 1.13 bits per heavy atom. The number of rotatable bonds is 15. The molecule has 6 nitrogen and oxygen atoms in total. The van der Waals surface area contributed by atoms with Crippen LogP contribution in [0.3, 0.4) is 0 Å². The van der Waals surface area contributed by atoms with Crippen molar-refractivity contribution in [1.82, 2.24) is 0 Å². The molecule has 0 aromatic carbocycles. The number of ether oxygens (including phenoxy) is 1. The van der Waals surface area contributed by atoms with Crippen molar-refractivity contribution in [3.8, 4) is 0 Å². The summed E-state index contributed by atoms with van der Waals surface area (Å²) in [5.41, 5.74) is -0.989. The minimum absolute atomic E-state index is 0.150. The monoisotopic (exact) mass is 426 g/mol. The molecule has 30 heavy (non-hydrogen) atoms. The van der Waals surface area contributed by atoms with Crippen LogP contribution in [0.4, 0.5) is 0 Å². The van der Waals surface area contributed by atoms with Gasteiger partial charge in [0.1, 0.15) is 0 Å². The smallest absolute Gasteiger partial charge is 0.315 e. The van der Waals surface area contributed by atoms with Crippen LogP contribution in [0.1, 0.15) is 91.4 Å². The second kappa shape index (κ2) is 13.8. The SMILES string of the molecule is CCCCCC(O)C=CC1CC[C@@H](O)[C@]1(CCC(C)CCCC(=O)O)C(=O)OCC. The molecule has 0 saturated heterocycles. The van der Waals surface area contributed by atoms with Crippen LogP contribution >= 0.6 is 0 Å². The number of hydrogen-bond acceptors (Lipinski definition) is 5. The molecule has 174 valence electrons. The zero-order valence-electron chi connectivity index (χ0n) is 19.0. The topological polar surface area (TPSA) is 104 Å². The second-order valence-electron chi connectivity index (χ2n) is 8.84. The number of aliphatic hydroxyl groups is 2. The van der Waals surface area contributed by atoms with E-state index in [9.17, 15) is 19.8 Å². The van der Waals surface area contributed by atoms with Crippen molar-refractivity contribution in [1.29, 1.82) is 0 Å². The molecule has 0 spiro atoms. The van der Waals surface area contributed by atoms with Crippen molar-refractivity contribution >= 4 is 11.9 Å². The molecule has 0 bridgehead atoms. The Morgan fingerprint density at radius 3 is 2.50 bits per heavy atom. The van der Waals surface area contributed by atoms with E-state index in [1.807, 2.05) is 6.08 Å². The molecular weight excluding hydrogens is 384 g/mol. The summed E-state index contributed by atoms with van der Waals surface area (Å²) in [6.45, 7) is 6.21. The summed E-state index contributed by atoms with van der Waals surface area (Å²) < 4.78 is 5.39. The third kappa shape index (κ3) is 8.03. The van der Waals surface area contributed by atoms with Gasteiger partial charge in [-0.15, -0.1) is 0 Å². The zero-order chi connectivity index (χ0) is 22.6. The Bertz CT molecular complexity index is 546. The van der Waals surface area contributed by atoms with Gasteiger partial charge < -0.3 is 20.1 Å². The highest BCUT2D eigenvalue weighted by Gasteiger charge is 2.55. The fraction of sp³-hybridized carbons (Fsp3) is 0.833. The van der Waals surface area contributed by atoms with E-state index >= 15 is 0 Å². The summed E-state index contributed by atoms with van der Waals surface area (Å²) in [7, 11) is 0. The third-order valence-electron chi connectivity index (χ3n) is 6.47. The lowest BCUT2D eigenvalue weighted by atomic mass is 9.71. The number of aliphatic carboxylic acids is 1. The molecule has 3 unspecified atom stereocenters. The summed E-state index contributed by atoms with van der Waals surface area (Å²) in [5.74, 6) is -1.06. The summed E-state index contributed by atoms with van der Waals surface area (Å²) in [6, 6.07) is 0. The Morgan fingerprint density at radius 2 is 1.87 bits per heavy atom. The first-order valence-corrected chi connectivity index (χ1v) is 11.7. The van der Waals surface area contributed by atoms with Crippen molar-refractivity contribution in [2.45, 2.75) is 104 Å². The molecule has 3 N–H and O–H groups in total. The lowest BCUT2D eigenvalue weighted by molar-refractivity contribution is -0.164. The quantitative estimate of drug-likeness (QED) is 0.203. The summed E-state index contributed by atoms with van der Waals surface area (Å²) in [6.07, 6.45) is 10.2. The van der Waals surface area contributed by atoms with Gasteiger partial charge in [-0.05, 0) is 57.3 Å². The maximum Gasteiger partial charge on any atom is 0.315 e. The molecule has 1 saturated carbocycles. The van der Waals surface area contributed by atoms with E-state index in [1.54, 1.807) is 13.0 Å². The summed E-state index contributed by atoms with van der Waals surface area (Å²) in [5, 5.41) is 29.9. The van der Waals surface area contributed by atoms with E-state index < -0.39 is 23.6 Å². The molecule has 6 heteroatoms. The number of unbranched alkanes of at least 4 members (excludes halogenated alkanes) is 2. The number of allylic oxidation sites excluding steroid dienone is 1. The molecule has 0 aliphatic heterocycles. The minimum atomic E-state index is -0.989. The van der Waals surface area contributed by atoms with Gasteiger partial charge in [0.2, 0.25) is 0 Å². The Hall–Kier alpha value is -1.40. The van der Waals surface area contributed by atoms with Crippen molar-refractivity contribution in [2.24, 2.45) is 17.3 Å². The predicted molar refractivity (Wildman–Crippen MR) is 117 cm³/mol. The first-order valence-electron chi connectivity index (χ1n) is 11.7. The van der Waals surface area contributed by atoms with E-state index in [0.717, 1.165) is 32.1 Å². The van der Waals surface area contributed by atoms with Gasteiger partial charge in [0.15, 0.2) is 0 Å². The zero-order valence-corrected chi connectivity index (χ0v) is 19.0. The van der Waals surface area contributed by atoms with Crippen molar-refractivity contribution in [2.75, 3.05) is 6.61 Å². The number of esters is 1. The normalized spacial score (nSPS) is 26.0. The number of carboxylic acids is 1. The van der Waals surface area contributed by atoms with Crippen molar-refractivity contribution in [3.05, 3.63) is 12.2 Å². The molecule has 0 radical (unpaired) electrons. The maximum absolute atomic E-state index is 13.0. The summed E-state index contributed by atoms with van der Waals surface area (Å²) in [4.78, 5) is 23.7. The maximum atomic E-state index is 13.0. The molecule has 1 rings (SSSR count). The number of carbonyl (C=O) groups excluding carboxylic acids is 1. The average molecular weight is 427 g/mol. The highest BCUT2D eigenvalue weighted by molar-refractivity contribution is 5.79. The second-order valence-corrected chi connectivity index (χ2v) is 8.84. The van der Waals surface area contributed by atoms with Gasteiger partial charge in [-0.1, -0.05) is 51.7 Å². The van der Waals surface area contributed by atoms with Gasteiger partial charge in [-0.3, -0.25) is 9.59 Å². The molecule has 0 heterocycles. The highest BCUT2D eigenvalue weighted by Crippen LogP contribution is 2.49. The van der Waals surface area contributed by atoms with Crippen LogP contribution in [0.5, 0.6) is 0 Å². The first-order chi connectivity index (χ1) is 14.3. The Kier molecular flexibility index (Phi) is 12.3. The van der Waals surface area contributed by atoms with E-state index in [2.05, 4.69) is 13.8 Å². The van der Waals surface area contributed by atoms with E-state index in [0.29, 0.717) is 32.1 Å². The highest BCUT2D eigenvalue weighted by atomic mass is 16.5.